The fourth-order valence-electron chi connectivity index (χ4n) is 5.96. The number of allylic oxidation sites excluding steroid dienone is 4. The van der Waals surface area contributed by atoms with Gasteiger partial charge >= 0.3 is 5.97 Å². The summed E-state index contributed by atoms with van der Waals surface area (Å²) in [5.41, 5.74) is 4.29. The van der Waals surface area contributed by atoms with Crippen LogP contribution in [0.3, 0.4) is 0 Å². The number of nitrogens with zero attached hydrogens (tertiary/aromatic N) is 1. The first kappa shape index (κ1) is 32.0. The topological polar surface area (TPSA) is 122 Å². The lowest BCUT2D eigenvalue weighted by molar-refractivity contribution is 0.0683. The van der Waals surface area contributed by atoms with E-state index in [0.29, 0.717) is 35.7 Å². The molecule has 6 rings (SSSR count). The molecule has 0 saturated heterocycles. The van der Waals surface area contributed by atoms with Crippen LogP contribution < -0.4 is 14.8 Å². The SMILES string of the molecule is COc1ccc(C(C)(C)c2ccc(Oc3ccc4c(c3)C(=O)N(C3=CC=C(NC(=O)c5cc(C)ccc5C(=O)O)CC3)C4=O)cc2)cc1. The number of methoxy groups -OCH3 is 1. The van der Waals surface area contributed by atoms with Crippen LogP contribution in [0.1, 0.15) is 84.8 Å². The minimum atomic E-state index is -1.19. The molecule has 1 heterocycles. The second-order valence-electron chi connectivity index (χ2n) is 12.3. The lowest BCUT2D eigenvalue weighted by Crippen LogP contribution is -2.31. The van der Waals surface area contributed by atoms with Gasteiger partial charge < -0.3 is 19.9 Å². The third-order valence-electron chi connectivity index (χ3n) is 8.82. The number of hydrogen-bond acceptors (Lipinski definition) is 6. The van der Waals surface area contributed by atoms with Crippen LogP contribution in [0.2, 0.25) is 0 Å². The number of carbonyl (C=O) groups excluding carboxylic acids is 3. The van der Waals surface area contributed by atoms with Gasteiger partial charge in [0.25, 0.3) is 17.7 Å². The Labute approximate surface area is 278 Å². The summed E-state index contributed by atoms with van der Waals surface area (Å²) < 4.78 is 11.4. The molecule has 242 valence electrons. The number of fused-ring (bicyclic) bond motifs is 1. The number of ether oxygens (including phenoxy) is 2. The molecule has 3 amide bonds. The molecule has 2 aliphatic rings. The number of aromatic carboxylic acids is 1. The number of aryl methyl sites for hydroxylation is 1. The quantitative estimate of drug-likeness (QED) is 0.182. The Bertz CT molecular complexity index is 2020. The number of carboxylic acids is 1. The van der Waals surface area contributed by atoms with Crippen LogP contribution >= 0.6 is 0 Å². The highest BCUT2D eigenvalue weighted by Crippen LogP contribution is 2.36. The molecule has 48 heavy (non-hydrogen) atoms. The van der Waals surface area contributed by atoms with Crippen molar-refractivity contribution in [1.29, 1.82) is 0 Å². The fourth-order valence-corrected chi connectivity index (χ4v) is 5.96. The molecule has 0 bridgehead atoms. The monoisotopic (exact) mass is 642 g/mol. The zero-order valence-corrected chi connectivity index (χ0v) is 27.0. The number of nitrogens with one attached hydrogen (secondary N) is 1. The molecule has 2 N–H and O–H groups in total. The number of hydrogen-bond donors (Lipinski definition) is 2. The maximum Gasteiger partial charge on any atom is 0.336 e. The van der Waals surface area contributed by atoms with E-state index in [1.807, 2.05) is 36.4 Å². The van der Waals surface area contributed by atoms with Crippen molar-refractivity contribution in [2.45, 2.75) is 39.0 Å². The first-order valence-electron chi connectivity index (χ1n) is 15.5. The number of benzene rings is 4. The summed E-state index contributed by atoms with van der Waals surface area (Å²) in [7, 11) is 1.64. The Balaban J connectivity index is 1.14. The van der Waals surface area contributed by atoms with Crippen molar-refractivity contribution in [2.75, 3.05) is 7.11 Å². The van der Waals surface area contributed by atoms with E-state index in [1.54, 1.807) is 50.5 Å². The Morgan fingerprint density at radius 2 is 1.38 bits per heavy atom. The van der Waals surface area contributed by atoms with Crippen LogP contribution in [0.4, 0.5) is 0 Å². The average molecular weight is 643 g/mol. The normalized spacial score (nSPS) is 14.2. The molecule has 1 aliphatic carbocycles. The highest BCUT2D eigenvalue weighted by atomic mass is 16.5. The predicted octanol–water partition coefficient (Wildman–Crippen LogP) is 7.41. The first-order valence-corrected chi connectivity index (χ1v) is 15.5. The van der Waals surface area contributed by atoms with E-state index in [0.717, 1.165) is 27.3 Å². The van der Waals surface area contributed by atoms with Crippen molar-refractivity contribution in [3.05, 3.63) is 147 Å². The minimum Gasteiger partial charge on any atom is -0.497 e. The lowest BCUT2D eigenvalue weighted by atomic mass is 9.78. The maximum absolute atomic E-state index is 13.5. The molecule has 0 unspecified atom stereocenters. The van der Waals surface area contributed by atoms with Crippen molar-refractivity contribution in [3.63, 3.8) is 0 Å². The van der Waals surface area contributed by atoms with Crippen LogP contribution in [-0.2, 0) is 5.41 Å². The first-order chi connectivity index (χ1) is 23.0. The van der Waals surface area contributed by atoms with Gasteiger partial charge in [0.15, 0.2) is 0 Å². The maximum atomic E-state index is 13.5. The molecular formula is C39H34N2O7. The third kappa shape index (κ3) is 6.10. The second-order valence-corrected chi connectivity index (χ2v) is 12.3. The van der Waals surface area contributed by atoms with Crippen LogP contribution in [0.25, 0.3) is 0 Å². The van der Waals surface area contributed by atoms with Gasteiger partial charge in [-0.25, -0.2) is 9.69 Å². The molecule has 9 heteroatoms. The van der Waals surface area contributed by atoms with Crippen molar-refractivity contribution in [2.24, 2.45) is 0 Å². The highest BCUT2D eigenvalue weighted by Gasteiger charge is 2.38. The van der Waals surface area contributed by atoms with Crippen LogP contribution in [-0.4, -0.2) is 40.8 Å². The number of amides is 3. The Morgan fingerprint density at radius 1 is 0.750 bits per heavy atom. The molecule has 0 aromatic heterocycles. The zero-order chi connectivity index (χ0) is 34.2. The van der Waals surface area contributed by atoms with Crippen molar-refractivity contribution in [1.82, 2.24) is 10.2 Å². The largest absolute Gasteiger partial charge is 0.497 e. The summed E-state index contributed by atoms with van der Waals surface area (Å²) in [6.45, 7) is 6.07. The number of rotatable bonds is 9. The van der Waals surface area contributed by atoms with E-state index in [9.17, 15) is 24.3 Å². The molecule has 0 fully saturated rings. The minimum absolute atomic E-state index is 0.0601. The second kappa shape index (κ2) is 12.7. The molecule has 4 aromatic rings. The standard InChI is InChI=1S/C39H34N2O7/c1-23-5-19-32(38(45)46)33(21-23)35(42)40-26-10-12-27(13-11-26)41-36(43)31-20-18-30(22-34(31)37(41)44)48-29-16-8-25(9-17-29)39(2,3)24-6-14-28(47-4)15-7-24/h5-10,12,14-22H,11,13H2,1-4H3,(H,40,42)(H,45,46). The molecule has 9 nitrogen and oxygen atoms in total. The highest BCUT2D eigenvalue weighted by molar-refractivity contribution is 6.22. The van der Waals surface area contributed by atoms with Gasteiger partial charge in [-0.05, 0) is 97.6 Å². The van der Waals surface area contributed by atoms with Crippen molar-refractivity contribution in [3.8, 4) is 17.2 Å². The van der Waals surface area contributed by atoms with E-state index in [-0.39, 0.29) is 27.7 Å². The fraction of sp³-hybridized carbons (Fsp3) is 0.179. The van der Waals surface area contributed by atoms with E-state index in [1.165, 1.54) is 12.1 Å². The molecule has 0 spiro atoms. The molecule has 0 saturated carbocycles. The van der Waals surface area contributed by atoms with Gasteiger partial charge in [-0.3, -0.25) is 14.4 Å². The van der Waals surface area contributed by atoms with E-state index in [4.69, 9.17) is 9.47 Å². The zero-order valence-electron chi connectivity index (χ0n) is 27.0. The van der Waals surface area contributed by atoms with Gasteiger partial charge in [0, 0.05) is 16.8 Å². The lowest BCUT2D eigenvalue weighted by Gasteiger charge is -2.26. The van der Waals surface area contributed by atoms with Crippen molar-refractivity contribution < 1.29 is 33.8 Å². The number of carbonyl (C=O) groups is 4. The molecule has 0 radical (unpaired) electrons. The predicted molar refractivity (Wildman–Crippen MR) is 180 cm³/mol. The molecular weight excluding hydrogens is 608 g/mol. The van der Waals surface area contributed by atoms with Gasteiger partial charge in [0.1, 0.15) is 17.2 Å². The number of imide groups is 1. The summed E-state index contributed by atoms with van der Waals surface area (Å²) in [5, 5.41) is 12.3. The summed E-state index contributed by atoms with van der Waals surface area (Å²) in [4.78, 5) is 52.5. The number of carboxylic acid groups (broad SMARTS) is 1. The molecule has 4 aromatic carbocycles. The van der Waals surface area contributed by atoms with Gasteiger partial charge in [-0.15, -0.1) is 0 Å². The molecule has 1 aliphatic heterocycles. The third-order valence-corrected chi connectivity index (χ3v) is 8.82. The average Bonchev–Trinajstić information content (AvgIpc) is 3.33. The van der Waals surface area contributed by atoms with E-state index >= 15 is 0 Å². The summed E-state index contributed by atoms with van der Waals surface area (Å²) in [6.07, 6.45) is 3.92. The summed E-state index contributed by atoms with van der Waals surface area (Å²) in [6, 6.07) is 25.2. The van der Waals surface area contributed by atoms with Crippen LogP contribution in [0.5, 0.6) is 17.2 Å². The van der Waals surface area contributed by atoms with E-state index in [2.05, 4.69) is 31.3 Å². The smallest absolute Gasteiger partial charge is 0.336 e. The van der Waals surface area contributed by atoms with Crippen LogP contribution in [0, 0.1) is 6.92 Å². The van der Waals surface area contributed by atoms with Crippen LogP contribution in [0.15, 0.2) is 108 Å². The Morgan fingerprint density at radius 3 is 1.98 bits per heavy atom. The van der Waals surface area contributed by atoms with Crippen molar-refractivity contribution >= 4 is 23.7 Å². The summed E-state index contributed by atoms with van der Waals surface area (Å²) >= 11 is 0. The van der Waals surface area contributed by atoms with E-state index < -0.39 is 23.7 Å². The Hall–Kier alpha value is -5.96. The summed E-state index contributed by atoms with van der Waals surface area (Å²) in [5.74, 6) is -0.785. The van der Waals surface area contributed by atoms with Gasteiger partial charge in [0.05, 0.1) is 29.4 Å². The Kier molecular flexibility index (Phi) is 8.45. The van der Waals surface area contributed by atoms with Gasteiger partial charge in [0.2, 0.25) is 0 Å². The van der Waals surface area contributed by atoms with Gasteiger partial charge in [-0.2, -0.15) is 0 Å². The van der Waals surface area contributed by atoms with Gasteiger partial charge in [-0.1, -0.05) is 49.7 Å². The molecule has 0 atom stereocenters.